The van der Waals surface area contributed by atoms with Crippen molar-refractivity contribution >= 4 is 15.9 Å². The summed E-state index contributed by atoms with van der Waals surface area (Å²) in [6, 6.07) is 4.00. The third kappa shape index (κ3) is 3.04. The highest BCUT2D eigenvalue weighted by Gasteiger charge is 2.25. The van der Waals surface area contributed by atoms with Crippen molar-refractivity contribution in [1.82, 2.24) is 5.32 Å². The molecule has 106 valence electrons. The highest BCUT2D eigenvalue weighted by Crippen LogP contribution is 2.40. The molecule has 1 aliphatic heterocycles. The second-order valence-corrected chi connectivity index (χ2v) is 5.66. The molecule has 0 atom stereocenters. The number of ether oxygens (including phenoxy) is 2. The second kappa shape index (κ2) is 6.11. The van der Waals surface area contributed by atoms with Crippen molar-refractivity contribution in [2.24, 2.45) is 0 Å². The second-order valence-electron chi connectivity index (χ2n) is 4.81. The first kappa shape index (κ1) is 14.6. The van der Waals surface area contributed by atoms with Gasteiger partial charge in [-0.25, -0.2) is 0 Å². The number of nitrogens with one attached hydrogen (secondary N) is 1. The van der Waals surface area contributed by atoms with Gasteiger partial charge in [0.25, 0.3) is 0 Å². The molecule has 0 radical (unpaired) electrons. The first-order valence-corrected chi connectivity index (χ1v) is 7.37. The summed E-state index contributed by atoms with van der Waals surface area (Å²) in [5.41, 5.74) is 0.902. The van der Waals surface area contributed by atoms with Crippen LogP contribution in [0.2, 0.25) is 0 Å². The molecule has 1 aromatic carbocycles. The van der Waals surface area contributed by atoms with Crippen molar-refractivity contribution in [3.05, 3.63) is 22.2 Å². The first-order valence-electron chi connectivity index (χ1n) is 6.58. The van der Waals surface area contributed by atoms with Crippen molar-refractivity contribution in [2.75, 3.05) is 13.4 Å². The van der Waals surface area contributed by atoms with Crippen LogP contribution in [0, 0.1) is 0 Å². The number of rotatable bonds is 6. The summed E-state index contributed by atoms with van der Waals surface area (Å²) in [4.78, 5) is 0. The molecular formula is C14H20BrNO3. The van der Waals surface area contributed by atoms with E-state index in [0.717, 1.165) is 34.4 Å². The summed E-state index contributed by atoms with van der Waals surface area (Å²) in [5.74, 6) is 1.54. The van der Waals surface area contributed by atoms with Crippen LogP contribution in [0.25, 0.3) is 0 Å². The Bertz CT molecular complexity index is 438. The minimum atomic E-state index is -0.206. The van der Waals surface area contributed by atoms with E-state index in [-0.39, 0.29) is 18.9 Å². The number of benzene rings is 1. The van der Waals surface area contributed by atoms with Crippen LogP contribution >= 0.6 is 15.9 Å². The van der Waals surface area contributed by atoms with E-state index in [1.165, 1.54) is 0 Å². The smallest absolute Gasteiger partial charge is 0.231 e. The zero-order valence-corrected chi connectivity index (χ0v) is 12.9. The van der Waals surface area contributed by atoms with E-state index in [1.807, 2.05) is 12.1 Å². The van der Waals surface area contributed by atoms with Gasteiger partial charge in [0.2, 0.25) is 6.79 Å². The summed E-state index contributed by atoms with van der Waals surface area (Å²) in [6.07, 6.45) is 1.79. The molecule has 0 amide bonds. The molecule has 1 heterocycles. The standard InChI is InChI=1S/C14H20BrNO3/c1-3-14(4-2,8-17)16-7-10-5-11(15)13-12(6-10)18-9-19-13/h5-6,16-17H,3-4,7-9H2,1-2H3. The van der Waals surface area contributed by atoms with Crippen LogP contribution < -0.4 is 14.8 Å². The van der Waals surface area contributed by atoms with E-state index in [0.29, 0.717) is 6.54 Å². The Balaban J connectivity index is 2.10. The average molecular weight is 330 g/mol. The van der Waals surface area contributed by atoms with Gasteiger partial charge < -0.3 is 19.9 Å². The summed E-state index contributed by atoms with van der Waals surface area (Å²) in [5, 5.41) is 13.0. The predicted octanol–water partition coefficient (Wildman–Crippen LogP) is 2.82. The van der Waals surface area contributed by atoms with Crippen LogP contribution in [-0.4, -0.2) is 24.0 Å². The van der Waals surface area contributed by atoms with Crippen molar-refractivity contribution in [3.8, 4) is 11.5 Å². The van der Waals surface area contributed by atoms with E-state index in [4.69, 9.17) is 9.47 Å². The molecule has 0 fully saturated rings. The number of halogens is 1. The van der Waals surface area contributed by atoms with Gasteiger partial charge in [-0.3, -0.25) is 0 Å². The number of aliphatic hydroxyl groups is 1. The van der Waals surface area contributed by atoms with E-state index in [9.17, 15) is 5.11 Å². The number of aliphatic hydroxyl groups excluding tert-OH is 1. The molecule has 0 spiro atoms. The molecule has 19 heavy (non-hydrogen) atoms. The van der Waals surface area contributed by atoms with Crippen LogP contribution in [-0.2, 0) is 6.54 Å². The largest absolute Gasteiger partial charge is 0.454 e. The fourth-order valence-corrected chi connectivity index (χ4v) is 2.80. The van der Waals surface area contributed by atoms with Crippen LogP contribution in [0.3, 0.4) is 0 Å². The highest BCUT2D eigenvalue weighted by molar-refractivity contribution is 9.10. The van der Waals surface area contributed by atoms with Gasteiger partial charge in [0.05, 0.1) is 11.1 Å². The zero-order chi connectivity index (χ0) is 13.9. The lowest BCUT2D eigenvalue weighted by Crippen LogP contribution is -2.47. The third-order valence-electron chi connectivity index (χ3n) is 3.81. The van der Waals surface area contributed by atoms with E-state index < -0.39 is 0 Å². The molecule has 0 unspecified atom stereocenters. The lowest BCUT2D eigenvalue weighted by atomic mass is 9.93. The first-order chi connectivity index (χ1) is 9.14. The third-order valence-corrected chi connectivity index (χ3v) is 4.40. The topological polar surface area (TPSA) is 50.7 Å². The Morgan fingerprint density at radius 2 is 2.05 bits per heavy atom. The number of fused-ring (bicyclic) bond motifs is 1. The SMILES string of the molecule is CCC(CC)(CO)NCc1cc(Br)c2c(c1)OCO2. The van der Waals surface area contributed by atoms with Crippen molar-refractivity contribution < 1.29 is 14.6 Å². The molecule has 1 aromatic rings. The van der Waals surface area contributed by atoms with Crippen LogP contribution in [0.5, 0.6) is 11.5 Å². The Morgan fingerprint density at radius 1 is 1.32 bits per heavy atom. The van der Waals surface area contributed by atoms with Crippen molar-refractivity contribution in [3.63, 3.8) is 0 Å². The molecule has 0 saturated heterocycles. The Morgan fingerprint density at radius 3 is 2.68 bits per heavy atom. The van der Waals surface area contributed by atoms with Crippen LogP contribution in [0.1, 0.15) is 32.3 Å². The highest BCUT2D eigenvalue weighted by atomic mass is 79.9. The number of hydrogen-bond acceptors (Lipinski definition) is 4. The Kier molecular flexibility index (Phi) is 4.71. The van der Waals surface area contributed by atoms with Gasteiger partial charge in [-0.05, 0) is 46.5 Å². The molecule has 0 aromatic heterocycles. The van der Waals surface area contributed by atoms with E-state index in [2.05, 4.69) is 35.1 Å². The van der Waals surface area contributed by atoms with E-state index in [1.54, 1.807) is 0 Å². The predicted molar refractivity (Wildman–Crippen MR) is 77.5 cm³/mol. The molecule has 1 aliphatic rings. The van der Waals surface area contributed by atoms with Gasteiger partial charge in [-0.2, -0.15) is 0 Å². The molecular weight excluding hydrogens is 310 g/mol. The number of hydrogen-bond donors (Lipinski definition) is 2. The van der Waals surface area contributed by atoms with Crippen molar-refractivity contribution in [1.29, 1.82) is 0 Å². The van der Waals surface area contributed by atoms with Gasteiger partial charge in [-0.1, -0.05) is 13.8 Å². The maximum atomic E-state index is 9.55. The Hall–Kier alpha value is -0.780. The van der Waals surface area contributed by atoms with Crippen LogP contribution in [0.4, 0.5) is 0 Å². The van der Waals surface area contributed by atoms with Gasteiger partial charge in [-0.15, -0.1) is 0 Å². The maximum absolute atomic E-state index is 9.55. The lowest BCUT2D eigenvalue weighted by Gasteiger charge is -2.31. The summed E-state index contributed by atoms with van der Waals surface area (Å²) in [7, 11) is 0. The molecule has 5 heteroatoms. The van der Waals surface area contributed by atoms with Crippen LogP contribution in [0.15, 0.2) is 16.6 Å². The van der Waals surface area contributed by atoms with Gasteiger partial charge in [0, 0.05) is 12.1 Å². The van der Waals surface area contributed by atoms with E-state index >= 15 is 0 Å². The fraction of sp³-hybridized carbons (Fsp3) is 0.571. The van der Waals surface area contributed by atoms with Gasteiger partial charge >= 0.3 is 0 Å². The van der Waals surface area contributed by atoms with Crippen molar-refractivity contribution in [2.45, 2.75) is 38.8 Å². The molecule has 4 nitrogen and oxygen atoms in total. The average Bonchev–Trinajstić information content (AvgIpc) is 2.90. The molecule has 2 rings (SSSR count). The summed E-state index contributed by atoms with van der Waals surface area (Å²) >= 11 is 3.49. The normalized spacial score (nSPS) is 13.9. The quantitative estimate of drug-likeness (QED) is 0.842. The molecule has 2 N–H and O–H groups in total. The fourth-order valence-electron chi connectivity index (χ4n) is 2.19. The maximum Gasteiger partial charge on any atom is 0.231 e. The monoisotopic (exact) mass is 329 g/mol. The Labute approximate surface area is 122 Å². The summed E-state index contributed by atoms with van der Waals surface area (Å²) in [6.45, 7) is 5.28. The molecule has 0 saturated carbocycles. The minimum absolute atomic E-state index is 0.145. The van der Waals surface area contributed by atoms with Gasteiger partial charge in [0.15, 0.2) is 11.5 Å². The van der Waals surface area contributed by atoms with Gasteiger partial charge in [0.1, 0.15) is 0 Å². The molecule has 0 bridgehead atoms. The molecule has 0 aliphatic carbocycles. The minimum Gasteiger partial charge on any atom is -0.454 e. The summed E-state index contributed by atoms with van der Waals surface area (Å²) < 4.78 is 11.7. The zero-order valence-electron chi connectivity index (χ0n) is 11.3. The lowest BCUT2D eigenvalue weighted by molar-refractivity contribution is 0.149.